The van der Waals surface area contributed by atoms with Crippen LogP contribution in [0.15, 0.2) is 47.5 Å². The van der Waals surface area contributed by atoms with Crippen molar-refractivity contribution in [3.63, 3.8) is 0 Å². The standard InChI is InChI=1S/C13H14IN3O2S/c1-17(2)20(18,19)12-7-8-13(15-9-12)16-11-5-3-10(14)4-6-11/h3-9H,1-2H3,(H,15,16). The smallest absolute Gasteiger partial charge is 0.244 e. The van der Waals surface area contributed by atoms with Crippen LogP contribution in [0, 0.1) is 3.57 Å². The summed E-state index contributed by atoms with van der Waals surface area (Å²) in [4.78, 5) is 4.30. The van der Waals surface area contributed by atoms with E-state index in [1.807, 2.05) is 24.3 Å². The van der Waals surface area contributed by atoms with Crippen LogP contribution in [0.25, 0.3) is 0 Å². The van der Waals surface area contributed by atoms with E-state index in [-0.39, 0.29) is 4.90 Å². The molecule has 2 aromatic rings. The Balaban J connectivity index is 2.19. The fourth-order valence-electron chi connectivity index (χ4n) is 1.50. The Morgan fingerprint density at radius 1 is 1.10 bits per heavy atom. The third kappa shape index (κ3) is 3.47. The third-order valence-corrected chi connectivity index (χ3v) is 5.15. The van der Waals surface area contributed by atoms with Gasteiger partial charge in [0.15, 0.2) is 0 Å². The van der Waals surface area contributed by atoms with Crippen LogP contribution in [0.2, 0.25) is 0 Å². The average molecular weight is 403 g/mol. The lowest BCUT2D eigenvalue weighted by molar-refractivity contribution is 0.520. The number of rotatable bonds is 4. The van der Waals surface area contributed by atoms with Gasteiger partial charge in [-0.25, -0.2) is 17.7 Å². The molecule has 0 aliphatic rings. The number of nitrogens with zero attached hydrogens (tertiary/aromatic N) is 2. The number of sulfonamides is 1. The van der Waals surface area contributed by atoms with Crippen LogP contribution >= 0.6 is 22.6 Å². The molecule has 0 amide bonds. The van der Waals surface area contributed by atoms with E-state index in [4.69, 9.17) is 0 Å². The molecule has 1 heterocycles. The van der Waals surface area contributed by atoms with Crippen LogP contribution in [0.3, 0.4) is 0 Å². The first-order valence-corrected chi connectivity index (χ1v) is 8.32. The van der Waals surface area contributed by atoms with Crippen LogP contribution in [0.1, 0.15) is 0 Å². The molecule has 0 fully saturated rings. The summed E-state index contributed by atoms with van der Waals surface area (Å²) in [6, 6.07) is 11.0. The van der Waals surface area contributed by atoms with Crippen LogP contribution in [0.4, 0.5) is 11.5 Å². The van der Waals surface area contributed by atoms with Gasteiger partial charge >= 0.3 is 0 Å². The topological polar surface area (TPSA) is 62.3 Å². The monoisotopic (exact) mass is 403 g/mol. The van der Waals surface area contributed by atoms with E-state index >= 15 is 0 Å². The van der Waals surface area contributed by atoms with Gasteiger partial charge in [-0.3, -0.25) is 0 Å². The zero-order chi connectivity index (χ0) is 14.8. The summed E-state index contributed by atoms with van der Waals surface area (Å²) in [6.07, 6.45) is 1.35. The number of anilines is 2. The van der Waals surface area contributed by atoms with Crippen LogP contribution in [-0.2, 0) is 10.0 Å². The Kier molecular flexibility index (Phi) is 4.61. The molecule has 1 aromatic heterocycles. The maximum atomic E-state index is 11.9. The molecule has 20 heavy (non-hydrogen) atoms. The molecule has 1 aromatic carbocycles. The second-order valence-corrected chi connectivity index (χ2v) is 7.70. The van der Waals surface area contributed by atoms with Crippen molar-refractivity contribution in [1.29, 1.82) is 0 Å². The molecule has 1 N–H and O–H groups in total. The molecular formula is C13H14IN3O2S. The van der Waals surface area contributed by atoms with Crippen molar-refractivity contribution in [2.45, 2.75) is 4.90 Å². The molecule has 0 bridgehead atoms. The average Bonchev–Trinajstić information content (AvgIpc) is 2.42. The molecule has 0 saturated heterocycles. The van der Waals surface area contributed by atoms with Gasteiger partial charge in [0.1, 0.15) is 10.7 Å². The Labute approximate surface area is 132 Å². The van der Waals surface area contributed by atoms with Crippen molar-refractivity contribution in [2.24, 2.45) is 0 Å². The number of nitrogens with one attached hydrogen (secondary N) is 1. The van der Waals surface area contributed by atoms with Gasteiger partial charge < -0.3 is 5.32 Å². The van der Waals surface area contributed by atoms with Crippen LogP contribution < -0.4 is 5.32 Å². The molecule has 5 nitrogen and oxygen atoms in total. The quantitative estimate of drug-likeness (QED) is 0.798. The van der Waals surface area contributed by atoms with Gasteiger partial charge in [-0.05, 0) is 59.0 Å². The van der Waals surface area contributed by atoms with E-state index in [0.717, 1.165) is 13.6 Å². The number of pyridine rings is 1. The summed E-state index contributed by atoms with van der Waals surface area (Å²) in [5, 5.41) is 3.12. The van der Waals surface area contributed by atoms with E-state index in [1.54, 1.807) is 6.07 Å². The molecule has 0 saturated carbocycles. The first-order valence-electron chi connectivity index (χ1n) is 5.81. The summed E-state index contributed by atoms with van der Waals surface area (Å²) < 4.78 is 26.1. The highest BCUT2D eigenvalue weighted by molar-refractivity contribution is 14.1. The third-order valence-electron chi connectivity index (χ3n) is 2.63. The maximum Gasteiger partial charge on any atom is 0.244 e. The summed E-state index contributed by atoms with van der Waals surface area (Å²) in [5.74, 6) is 0.601. The Morgan fingerprint density at radius 3 is 2.25 bits per heavy atom. The molecule has 106 valence electrons. The predicted molar refractivity (Wildman–Crippen MR) is 87.6 cm³/mol. The fraction of sp³-hybridized carbons (Fsp3) is 0.154. The first-order chi connectivity index (χ1) is 9.39. The van der Waals surface area contributed by atoms with Gasteiger partial charge in [0.2, 0.25) is 10.0 Å². The van der Waals surface area contributed by atoms with Gasteiger partial charge in [0.25, 0.3) is 0 Å². The molecule has 2 rings (SSSR count). The van der Waals surface area contributed by atoms with Crippen LogP contribution in [-0.4, -0.2) is 31.8 Å². The van der Waals surface area contributed by atoms with Crippen molar-refractivity contribution in [3.05, 3.63) is 46.2 Å². The number of aromatic nitrogens is 1. The van der Waals surface area contributed by atoms with Crippen LogP contribution in [0.5, 0.6) is 0 Å². The van der Waals surface area contributed by atoms with Crippen molar-refractivity contribution >= 4 is 44.1 Å². The highest BCUT2D eigenvalue weighted by Gasteiger charge is 2.17. The van der Waals surface area contributed by atoms with Gasteiger partial charge in [0, 0.05) is 29.5 Å². The van der Waals surface area contributed by atoms with Gasteiger partial charge in [-0.15, -0.1) is 0 Å². The predicted octanol–water partition coefficient (Wildman–Crippen LogP) is 2.68. The zero-order valence-corrected chi connectivity index (χ0v) is 14.0. The molecule has 0 atom stereocenters. The van der Waals surface area contributed by atoms with E-state index < -0.39 is 10.0 Å². The van der Waals surface area contributed by atoms with Crippen molar-refractivity contribution in [2.75, 3.05) is 19.4 Å². The summed E-state index contributed by atoms with van der Waals surface area (Å²) in [7, 11) is -0.444. The largest absolute Gasteiger partial charge is 0.340 e. The number of halogens is 1. The molecule has 0 aliphatic carbocycles. The van der Waals surface area contributed by atoms with E-state index in [1.165, 1.54) is 26.4 Å². The molecule has 7 heteroatoms. The van der Waals surface area contributed by atoms with Gasteiger partial charge in [-0.1, -0.05) is 0 Å². The summed E-state index contributed by atoms with van der Waals surface area (Å²) in [6.45, 7) is 0. The second-order valence-electron chi connectivity index (χ2n) is 4.30. The minimum Gasteiger partial charge on any atom is -0.340 e. The van der Waals surface area contributed by atoms with Crippen molar-refractivity contribution in [1.82, 2.24) is 9.29 Å². The highest BCUT2D eigenvalue weighted by Crippen LogP contribution is 2.18. The summed E-state index contributed by atoms with van der Waals surface area (Å²) >= 11 is 2.23. The number of hydrogen-bond donors (Lipinski definition) is 1. The minimum atomic E-state index is -3.43. The Hall–Kier alpha value is -1.19. The number of benzene rings is 1. The van der Waals surface area contributed by atoms with E-state index in [0.29, 0.717) is 5.82 Å². The Bertz CT molecular complexity index is 683. The first kappa shape index (κ1) is 15.2. The van der Waals surface area contributed by atoms with Gasteiger partial charge in [0.05, 0.1) is 0 Å². The van der Waals surface area contributed by atoms with Crippen molar-refractivity contribution in [3.8, 4) is 0 Å². The fourth-order valence-corrected chi connectivity index (χ4v) is 2.71. The SMILES string of the molecule is CN(C)S(=O)(=O)c1ccc(Nc2ccc(I)cc2)nc1. The lowest BCUT2D eigenvalue weighted by Gasteiger charge is -2.11. The van der Waals surface area contributed by atoms with E-state index in [9.17, 15) is 8.42 Å². The van der Waals surface area contributed by atoms with Crippen molar-refractivity contribution < 1.29 is 8.42 Å². The maximum absolute atomic E-state index is 11.9. The highest BCUT2D eigenvalue weighted by atomic mass is 127. The van der Waals surface area contributed by atoms with E-state index in [2.05, 4.69) is 32.9 Å². The Morgan fingerprint density at radius 2 is 1.75 bits per heavy atom. The molecular weight excluding hydrogens is 389 g/mol. The minimum absolute atomic E-state index is 0.177. The molecule has 0 unspecified atom stereocenters. The lowest BCUT2D eigenvalue weighted by atomic mass is 10.3. The van der Waals surface area contributed by atoms with Gasteiger partial charge in [-0.2, -0.15) is 0 Å². The molecule has 0 spiro atoms. The molecule has 0 radical (unpaired) electrons. The zero-order valence-electron chi connectivity index (χ0n) is 11.0. The summed E-state index contributed by atoms with van der Waals surface area (Å²) in [5.41, 5.74) is 0.904. The normalized spacial score (nSPS) is 11.6. The second kappa shape index (κ2) is 6.06. The number of hydrogen-bond acceptors (Lipinski definition) is 4. The lowest BCUT2D eigenvalue weighted by Crippen LogP contribution is -2.22. The molecule has 0 aliphatic heterocycles.